The van der Waals surface area contributed by atoms with Crippen molar-refractivity contribution >= 4 is 11.7 Å². The van der Waals surface area contributed by atoms with E-state index in [1.807, 2.05) is 6.07 Å². The molecular formula is C11H14N4O2. The molecule has 0 aliphatic heterocycles. The van der Waals surface area contributed by atoms with Crippen LogP contribution in [-0.4, -0.2) is 28.4 Å². The Kier molecular flexibility index (Phi) is 3.11. The van der Waals surface area contributed by atoms with Gasteiger partial charge in [-0.3, -0.25) is 4.79 Å². The first-order chi connectivity index (χ1) is 8.13. The van der Waals surface area contributed by atoms with Crippen molar-refractivity contribution in [2.24, 2.45) is 5.92 Å². The zero-order valence-electron chi connectivity index (χ0n) is 9.59. The number of carbonyl (C=O) groups is 1. The minimum absolute atomic E-state index is 0.0689. The maximum Gasteiger partial charge on any atom is 0.277 e. The third kappa shape index (κ3) is 2.45. The van der Waals surface area contributed by atoms with Crippen molar-refractivity contribution in [1.82, 2.24) is 9.78 Å². The van der Waals surface area contributed by atoms with Gasteiger partial charge in [-0.25, -0.2) is 0 Å². The molecule has 1 aromatic rings. The molecule has 0 spiro atoms. The number of hydrogen-bond donors (Lipinski definition) is 1. The summed E-state index contributed by atoms with van der Waals surface area (Å²) in [6.07, 6.45) is 3.03. The first kappa shape index (κ1) is 11.6. The van der Waals surface area contributed by atoms with Crippen molar-refractivity contribution in [3.8, 4) is 6.07 Å². The van der Waals surface area contributed by atoms with Crippen molar-refractivity contribution in [3.05, 3.63) is 11.8 Å². The van der Waals surface area contributed by atoms with E-state index in [4.69, 9.17) is 15.7 Å². The quantitative estimate of drug-likeness (QED) is 0.831. The van der Waals surface area contributed by atoms with Crippen LogP contribution in [-0.2, 0) is 4.74 Å². The normalized spacial score (nSPS) is 16.5. The van der Waals surface area contributed by atoms with Crippen LogP contribution in [0.15, 0.2) is 6.20 Å². The Bertz CT molecular complexity index is 470. The smallest absolute Gasteiger partial charge is 0.277 e. The average molecular weight is 234 g/mol. The Hall–Kier alpha value is -1.87. The van der Waals surface area contributed by atoms with Gasteiger partial charge in [-0.05, 0) is 25.7 Å². The maximum absolute atomic E-state index is 11.9. The molecule has 1 aliphatic rings. The third-order valence-electron chi connectivity index (χ3n) is 2.76. The lowest BCUT2D eigenvalue weighted by atomic mass is 10.3. The third-order valence-corrected chi connectivity index (χ3v) is 2.76. The van der Waals surface area contributed by atoms with Gasteiger partial charge in [0.05, 0.1) is 12.8 Å². The standard InChI is InChI=1S/C11H14N4O2/c1-7(17-6-8-2-3-8)11(16)15-10(13)9(4-12)5-14-15/h5,7-8H,2-3,6,13H2,1H3/t7-/m1/s1. The molecule has 0 radical (unpaired) electrons. The van der Waals surface area contributed by atoms with Crippen LogP contribution in [0.25, 0.3) is 0 Å². The highest BCUT2D eigenvalue weighted by molar-refractivity contribution is 5.85. The van der Waals surface area contributed by atoms with E-state index in [9.17, 15) is 4.79 Å². The number of nitriles is 1. The van der Waals surface area contributed by atoms with E-state index < -0.39 is 6.10 Å². The van der Waals surface area contributed by atoms with Gasteiger partial charge in [0.25, 0.3) is 5.91 Å². The summed E-state index contributed by atoms with van der Waals surface area (Å²) in [7, 11) is 0. The van der Waals surface area contributed by atoms with Crippen LogP contribution in [0, 0.1) is 17.2 Å². The largest absolute Gasteiger partial charge is 0.382 e. The number of rotatable bonds is 4. The van der Waals surface area contributed by atoms with Gasteiger partial charge in [0, 0.05) is 0 Å². The summed E-state index contributed by atoms with van der Waals surface area (Å²) in [5.41, 5.74) is 5.82. The minimum atomic E-state index is -0.593. The summed E-state index contributed by atoms with van der Waals surface area (Å²) in [5.74, 6) is 0.318. The van der Waals surface area contributed by atoms with Crippen LogP contribution in [0.1, 0.15) is 30.1 Å². The Morgan fingerprint density at radius 2 is 2.53 bits per heavy atom. The van der Waals surface area contributed by atoms with Crippen molar-refractivity contribution in [1.29, 1.82) is 5.26 Å². The molecule has 0 bridgehead atoms. The number of hydrogen-bond acceptors (Lipinski definition) is 5. The van der Waals surface area contributed by atoms with Crippen LogP contribution in [0.4, 0.5) is 5.82 Å². The lowest BCUT2D eigenvalue weighted by Crippen LogP contribution is -2.29. The molecule has 0 saturated heterocycles. The van der Waals surface area contributed by atoms with Crippen molar-refractivity contribution in [2.75, 3.05) is 12.3 Å². The highest BCUT2D eigenvalue weighted by Gasteiger charge is 2.25. The van der Waals surface area contributed by atoms with E-state index in [2.05, 4.69) is 5.10 Å². The molecule has 6 heteroatoms. The summed E-state index contributed by atoms with van der Waals surface area (Å²) >= 11 is 0. The van der Waals surface area contributed by atoms with Crippen LogP contribution >= 0.6 is 0 Å². The van der Waals surface area contributed by atoms with Crippen LogP contribution in [0.3, 0.4) is 0 Å². The van der Waals surface area contributed by atoms with E-state index in [0.29, 0.717) is 12.5 Å². The van der Waals surface area contributed by atoms with E-state index in [1.54, 1.807) is 6.92 Å². The lowest BCUT2D eigenvalue weighted by molar-refractivity contribution is 0.0352. The van der Waals surface area contributed by atoms with Crippen molar-refractivity contribution in [3.63, 3.8) is 0 Å². The second-order valence-corrected chi connectivity index (χ2v) is 4.22. The zero-order valence-corrected chi connectivity index (χ0v) is 9.59. The number of ether oxygens (including phenoxy) is 1. The van der Waals surface area contributed by atoms with Gasteiger partial charge >= 0.3 is 0 Å². The molecule has 1 aromatic heterocycles. The summed E-state index contributed by atoms with van der Waals surface area (Å²) in [6.45, 7) is 2.26. The molecule has 1 fully saturated rings. The number of nitrogens with zero attached hydrogens (tertiary/aromatic N) is 3. The summed E-state index contributed by atoms with van der Waals surface area (Å²) in [5, 5.41) is 12.5. The summed E-state index contributed by atoms with van der Waals surface area (Å²) in [6, 6.07) is 1.87. The minimum Gasteiger partial charge on any atom is -0.382 e. The van der Waals surface area contributed by atoms with E-state index in [-0.39, 0.29) is 17.3 Å². The first-order valence-electron chi connectivity index (χ1n) is 5.53. The molecule has 0 unspecified atom stereocenters. The van der Waals surface area contributed by atoms with Gasteiger partial charge < -0.3 is 10.5 Å². The van der Waals surface area contributed by atoms with Crippen molar-refractivity contribution < 1.29 is 9.53 Å². The second kappa shape index (κ2) is 4.55. The monoisotopic (exact) mass is 234 g/mol. The van der Waals surface area contributed by atoms with E-state index >= 15 is 0 Å². The predicted octanol–water partition coefficient (Wildman–Crippen LogP) is 0.792. The molecule has 0 amide bonds. The molecule has 6 nitrogen and oxygen atoms in total. The molecule has 0 aromatic carbocycles. The lowest BCUT2D eigenvalue weighted by Gasteiger charge is -2.12. The molecule has 1 saturated carbocycles. The van der Waals surface area contributed by atoms with Gasteiger partial charge in [-0.15, -0.1) is 0 Å². The molecule has 2 rings (SSSR count). The zero-order chi connectivity index (χ0) is 12.4. The number of nitrogens with two attached hydrogens (primary N) is 1. The van der Waals surface area contributed by atoms with Gasteiger partial charge in [0.2, 0.25) is 0 Å². The number of carbonyl (C=O) groups excluding carboxylic acids is 1. The first-order valence-corrected chi connectivity index (χ1v) is 5.53. The fraction of sp³-hybridized carbons (Fsp3) is 0.545. The Labute approximate surface area is 99.0 Å². The molecule has 2 N–H and O–H groups in total. The summed E-state index contributed by atoms with van der Waals surface area (Å²) in [4.78, 5) is 11.9. The van der Waals surface area contributed by atoms with E-state index in [0.717, 1.165) is 4.68 Å². The molecular weight excluding hydrogens is 220 g/mol. The van der Waals surface area contributed by atoms with Gasteiger partial charge in [-0.1, -0.05) is 0 Å². The highest BCUT2D eigenvalue weighted by Crippen LogP contribution is 2.29. The van der Waals surface area contributed by atoms with Crippen LogP contribution in [0.5, 0.6) is 0 Å². The topological polar surface area (TPSA) is 93.9 Å². The van der Waals surface area contributed by atoms with Crippen molar-refractivity contribution in [2.45, 2.75) is 25.9 Å². The highest BCUT2D eigenvalue weighted by atomic mass is 16.5. The molecule has 17 heavy (non-hydrogen) atoms. The SMILES string of the molecule is C[C@@H](OCC1CC1)C(=O)n1ncc(C#N)c1N. The Morgan fingerprint density at radius 1 is 1.82 bits per heavy atom. The van der Waals surface area contributed by atoms with Crippen LogP contribution < -0.4 is 5.73 Å². The van der Waals surface area contributed by atoms with Gasteiger partial charge in [0.15, 0.2) is 0 Å². The molecule has 1 aliphatic carbocycles. The maximum atomic E-state index is 11.9. The number of aromatic nitrogens is 2. The van der Waals surface area contributed by atoms with Gasteiger partial charge in [0.1, 0.15) is 23.6 Å². The molecule has 1 atom stereocenters. The number of anilines is 1. The fourth-order valence-electron chi connectivity index (χ4n) is 1.43. The van der Waals surface area contributed by atoms with Crippen LogP contribution in [0.2, 0.25) is 0 Å². The average Bonchev–Trinajstić information content (AvgIpc) is 3.08. The number of nitrogen functional groups attached to an aromatic ring is 1. The molecule has 1 heterocycles. The Balaban J connectivity index is 2.02. The summed E-state index contributed by atoms with van der Waals surface area (Å²) < 4.78 is 6.46. The predicted molar refractivity (Wildman–Crippen MR) is 60.1 cm³/mol. The fourth-order valence-corrected chi connectivity index (χ4v) is 1.43. The Morgan fingerprint density at radius 3 is 3.06 bits per heavy atom. The van der Waals surface area contributed by atoms with E-state index in [1.165, 1.54) is 19.0 Å². The molecule has 90 valence electrons. The van der Waals surface area contributed by atoms with Gasteiger partial charge in [-0.2, -0.15) is 15.0 Å². The second-order valence-electron chi connectivity index (χ2n) is 4.22.